The maximum absolute atomic E-state index is 14.1. The van der Waals surface area contributed by atoms with E-state index in [1.54, 1.807) is 56.9 Å². The van der Waals surface area contributed by atoms with Crippen LogP contribution in [0.2, 0.25) is 0 Å². The van der Waals surface area contributed by atoms with Crippen LogP contribution in [-0.2, 0) is 9.53 Å². The average Bonchev–Trinajstić information content (AvgIpc) is 3.28. The van der Waals surface area contributed by atoms with E-state index in [9.17, 15) is 9.59 Å². The quantitative estimate of drug-likeness (QED) is 0.217. The Bertz CT molecular complexity index is 1870. The van der Waals surface area contributed by atoms with E-state index in [1.165, 1.54) is 11.3 Å². The Balaban J connectivity index is 1.76. The number of methoxy groups -OCH3 is 2. The molecule has 1 aromatic heterocycles. The Morgan fingerprint density at radius 2 is 1.83 bits per heavy atom. The van der Waals surface area contributed by atoms with Gasteiger partial charge in [0.1, 0.15) is 18.4 Å². The third-order valence-electron chi connectivity index (χ3n) is 6.78. The summed E-state index contributed by atoms with van der Waals surface area (Å²) in [5.74, 6) is 1.14. The highest BCUT2D eigenvalue weighted by molar-refractivity contribution is 7.07. The summed E-state index contributed by atoms with van der Waals surface area (Å²) in [6.07, 6.45) is 3.44. The molecule has 0 saturated carbocycles. The van der Waals surface area contributed by atoms with Crippen LogP contribution in [0, 0.1) is 0 Å². The number of carbonyl (C=O) groups excluding carboxylic acids is 1. The number of ether oxygens (including phenoxy) is 4. The first-order valence-electron chi connectivity index (χ1n) is 13.1. The van der Waals surface area contributed by atoms with Crippen LogP contribution >= 0.6 is 11.3 Å². The Labute approximate surface area is 241 Å². The third-order valence-corrected chi connectivity index (χ3v) is 7.77. The molecule has 0 aliphatic carbocycles. The van der Waals surface area contributed by atoms with E-state index in [4.69, 9.17) is 23.9 Å². The van der Waals surface area contributed by atoms with Crippen molar-refractivity contribution in [1.82, 2.24) is 4.57 Å². The highest BCUT2D eigenvalue weighted by Gasteiger charge is 2.36. The molecule has 1 atom stereocenters. The Morgan fingerprint density at radius 3 is 2.56 bits per heavy atom. The van der Waals surface area contributed by atoms with E-state index in [1.807, 2.05) is 42.5 Å². The minimum Gasteiger partial charge on any atom is -0.496 e. The number of nitrogens with zero attached hydrogens (tertiary/aromatic N) is 2. The number of benzene rings is 3. The molecule has 5 rings (SSSR count). The number of hydrogen-bond acceptors (Lipinski definition) is 8. The normalized spacial score (nSPS) is 14.8. The summed E-state index contributed by atoms with van der Waals surface area (Å²) in [6.45, 7) is 7.72. The first-order valence-corrected chi connectivity index (χ1v) is 13.9. The van der Waals surface area contributed by atoms with Gasteiger partial charge in [0.15, 0.2) is 16.3 Å². The maximum atomic E-state index is 14.1. The van der Waals surface area contributed by atoms with Gasteiger partial charge in [0.2, 0.25) is 0 Å². The van der Waals surface area contributed by atoms with Gasteiger partial charge in [0.25, 0.3) is 5.56 Å². The van der Waals surface area contributed by atoms with Crippen molar-refractivity contribution in [3.63, 3.8) is 0 Å². The largest absolute Gasteiger partial charge is 0.496 e. The Morgan fingerprint density at radius 1 is 1.07 bits per heavy atom. The predicted molar refractivity (Wildman–Crippen MR) is 160 cm³/mol. The summed E-state index contributed by atoms with van der Waals surface area (Å²) in [4.78, 5) is 32.7. The molecule has 3 aromatic carbocycles. The minimum absolute atomic E-state index is 0.188. The molecule has 0 spiro atoms. The van der Waals surface area contributed by atoms with E-state index < -0.39 is 12.0 Å². The lowest BCUT2D eigenvalue weighted by atomic mass is 9.90. The second-order valence-corrected chi connectivity index (χ2v) is 10.2. The molecular weight excluding hydrogens is 540 g/mol. The van der Waals surface area contributed by atoms with E-state index in [-0.39, 0.29) is 12.2 Å². The summed E-state index contributed by atoms with van der Waals surface area (Å²) in [6, 6.07) is 16.3. The summed E-state index contributed by atoms with van der Waals surface area (Å²) in [7, 11) is 3.14. The topological polar surface area (TPSA) is 88.4 Å². The van der Waals surface area contributed by atoms with E-state index in [2.05, 4.69) is 6.58 Å². The lowest BCUT2D eigenvalue weighted by Crippen LogP contribution is -2.40. The molecule has 1 aliphatic heterocycles. The van der Waals surface area contributed by atoms with Crippen molar-refractivity contribution in [3.8, 4) is 17.2 Å². The van der Waals surface area contributed by atoms with E-state index in [0.717, 1.165) is 16.3 Å². The van der Waals surface area contributed by atoms with Crippen LogP contribution in [0.5, 0.6) is 17.2 Å². The molecule has 210 valence electrons. The highest BCUT2D eigenvalue weighted by atomic mass is 32.1. The molecular formula is C32H30N2O6S. The Kier molecular flexibility index (Phi) is 8.07. The molecule has 9 heteroatoms. The number of esters is 1. The van der Waals surface area contributed by atoms with Gasteiger partial charge in [0, 0.05) is 5.56 Å². The zero-order valence-electron chi connectivity index (χ0n) is 23.3. The minimum atomic E-state index is -0.808. The molecule has 0 radical (unpaired) electrons. The molecule has 0 N–H and O–H groups in total. The predicted octanol–water partition coefficient (Wildman–Crippen LogP) is 4.53. The van der Waals surface area contributed by atoms with Gasteiger partial charge in [-0.25, -0.2) is 9.79 Å². The number of fused-ring (bicyclic) bond motifs is 2. The summed E-state index contributed by atoms with van der Waals surface area (Å²) in [5.41, 5.74) is 1.95. The zero-order chi connectivity index (χ0) is 29.1. The number of hydrogen-bond donors (Lipinski definition) is 0. The van der Waals surface area contributed by atoms with Crippen LogP contribution in [-0.4, -0.2) is 38.0 Å². The molecule has 1 aliphatic rings. The second kappa shape index (κ2) is 11.9. The molecule has 0 bridgehead atoms. The van der Waals surface area contributed by atoms with Gasteiger partial charge in [0.05, 0.1) is 36.6 Å². The fourth-order valence-corrected chi connectivity index (χ4v) is 6.04. The van der Waals surface area contributed by atoms with Crippen molar-refractivity contribution in [1.29, 1.82) is 0 Å². The van der Waals surface area contributed by atoms with Gasteiger partial charge in [-0.2, -0.15) is 0 Å². The number of rotatable bonds is 9. The number of thiazole rings is 1. The van der Waals surface area contributed by atoms with Crippen molar-refractivity contribution in [2.24, 2.45) is 4.99 Å². The van der Waals surface area contributed by atoms with E-state index in [0.29, 0.717) is 50.0 Å². The molecule has 4 aromatic rings. The first-order chi connectivity index (χ1) is 19.9. The monoisotopic (exact) mass is 570 g/mol. The third kappa shape index (κ3) is 5.16. The lowest BCUT2D eigenvalue weighted by Gasteiger charge is -2.27. The molecule has 8 nitrogen and oxygen atoms in total. The molecule has 0 unspecified atom stereocenters. The van der Waals surface area contributed by atoms with E-state index >= 15 is 0 Å². The molecule has 0 fully saturated rings. The van der Waals surface area contributed by atoms with Crippen LogP contribution < -0.4 is 29.1 Å². The van der Waals surface area contributed by atoms with Crippen LogP contribution in [0.1, 0.15) is 31.0 Å². The van der Waals surface area contributed by atoms with Crippen LogP contribution in [0.25, 0.3) is 16.8 Å². The fourth-order valence-electron chi connectivity index (χ4n) is 4.99. The summed E-state index contributed by atoms with van der Waals surface area (Å²) >= 11 is 1.25. The van der Waals surface area contributed by atoms with Crippen molar-refractivity contribution in [2.45, 2.75) is 19.9 Å². The molecule has 0 saturated heterocycles. The smallest absolute Gasteiger partial charge is 0.338 e. The van der Waals surface area contributed by atoms with Gasteiger partial charge in [-0.1, -0.05) is 60.4 Å². The molecule has 41 heavy (non-hydrogen) atoms. The number of allylic oxidation sites excluding steroid dienone is 1. The highest BCUT2D eigenvalue weighted by Crippen LogP contribution is 2.40. The number of carbonyl (C=O) groups is 1. The zero-order valence-corrected chi connectivity index (χ0v) is 24.1. The van der Waals surface area contributed by atoms with Crippen LogP contribution in [0.3, 0.4) is 0 Å². The van der Waals surface area contributed by atoms with Crippen molar-refractivity contribution in [3.05, 3.63) is 109 Å². The SMILES string of the molecule is C=CCOc1ccc(/C=c2\sc3n(c2=O)[C@H](c2c(OC)ccc4ccccc24)C(C(=O)OCC)=C(C)N=3)cc1OC. The lowest BCUT2D eigenvalue weighted by molar-refractivity contribution is -0.139. The standard InChI is InChI=1S/C32H30N2O6S/c1-6-16-40-23-14-12-20(17-25(23)38-5)18-26-30(35)34-29(27(31(36)39-7-2)19(3)33-32(34)41-26)28-22-11-9-8-10-21(22)13-15-24(28)37-4/h6,8-15,17-18,29H,1,7,16H2,2-5H3/b26-18-/t29-/m0/s1. The van der Waals surface area contributed by atoms with Gasteiger partial charge < -0.3 is 18.9 Å². The maximum Gasteiger partial charge on any atom is 0.338 e. The summed E-state index contributed by atoms with van der Waals surface area (Å²) < 4.78 is 24.4. The number of aromatic nitrogens is 1. The van der Waals surface area contributed by atoms with Crippen LogP contribution in [0.15, 0.2) is 88.3 Å². The Hall–Kier alpha value is -4.63. The molecule has 0 amide bonds. The van der Waals surface area contributed by atoms with Gasteiger partial charge >= 0.3 is 5.97 Å². The average molecular weight is 571 g/mol. The first kappa shape index (κ1) is 27.9. The van der Waals surface area contributed by atoms with Gasteiger partial charge in [-0.15, -0.1) is 0 Å². The van der Waals surface area contributed by atoms with Gasteiger partial charge in [-0.3, -0.25) is 9.36 Å². The van der Waals surface area contributed by atoms with Crippen molar-refractivity contribution >= 4 is 34.2 Å². The second-order valence-electron chi connectivity index (χ2n) is 9.21. The van der Waals surface area contributed by atoms with Crippen LogP contribution in [0.4, 0.5) is 0 Å². The summed E-state index contributed by atoms with van der Waals surface area (Å²) in [5, 5.41) is 1.82. The molecule has 2 heterocycles. The van der Waals surface area contributed by atoms with Crippen molar-refractivity contribution < 1.29 is 23.7 Å². The fraction of sp³-hybridized carbons (Fsp3) is 0.219. The van der Waals surface area contributed by atoms with Gasteiger partial charge in [-0.05, 0) is 54.5 Å². The van der Waals surface area contributed by atoms with Crippen molar-refractivity contribution in [2.75, 3.05) is 27.4 Å².